The number of esters is 1. The van der Waals surface area contributed by atoms with Crippen molar-refractivity contribution >= 4 is 11.9 Å². The number of carbonyl (C=O) groups is 2. The quantitative estimate of drug-likeness (QED) is 0.815. The minimum Gasteiger partial charge on any atom is -0.464 e. The third-order valence-electron chi connectivity index (χ3n) is 3.39. The molecule has 0 saturated carbocycles. The Morgan fingerprint density at radius 3 is 3.05 bits per heavy atom. The van der Waals surface area contributed by atoms with Crippen molar-refractivity contribution in [1.29, 1.82) is 0 Å². The molecule has 6 heteroatoms. The van der Waals surface area contributed by atoms with Crippen LogP contribution in [0.1, 0.15) is 29.5 Å². The van der Waals surface area contributed by atoms with Crippen LogP contribution in [0.4, 0.5) is 0 Å². The van der Waals surface area contributed by atoms with Gasteiger partial charge >= 0.3 is 5.97 Å². The summed E-state index contributed by atoms with van der Waals surface area (Å²) in [6.45, 7) is 3.97. The van der Waals surface area contributed by atoms with Crippen LogP contribution in [0, 0.1) is 0 Å². The van der Waals surface area contributed by atoms with E-state index in [1.807, 2.05) is 13.0 Å². The SMILES string of the molecule is CC[C@H]1C(=O)NCCN1Cc1cccc(C(=O)OC)n1. The molecule has 1 saturated heterocycles. The fourth-order valence-electron chi connectivity index (χ4n) is 2.39. The molecule has 1 aliphatic rings. The molecule has 2 heterocycles. The second-order valence-corrected chi connectivity index (χ2v) is 4.69. The minimum atomic E-state index is -0.449. The van der Waals surface area contributed by atoms with E-state index in [0.717, 1.165) is 18.7 Å². The third-order valence-corrected chi connectivity index (χ3v) is 3.39. The number of methoxy groups -OCH3 is 1. The minimum absolute atomic E-state index is 0.0582. The molecule has 0 aliphatic carbocycles. The Labute approximate surface area is 118 Å². The van der Waals surface area contributed by atoms with Gasteiger partial charge in [-0.1, -0.05) is 13.0 Å². The van der Waals surface area contributed by atoms with Gasteiger partial charge in [0, 0.05) is 19.6 Å². The topological polar surface area (TPSA) is 71.5 Å². The van der Waals surface area contributed by atoms with Gasteiger partial charge in [0.2, 0.25) is 5.91 Å². The molecule has 1 N–H and O–H groups in total. The predicted octanol–water partition coefficient (Wildman–Crippen LogP) is 0.579. The van der Waals surface area contributed by atoms with Crippen molar-refractivity contribution in [3.8, 4) is 0 Å². The Kier molecular flexibility index (Phi) is 4.68. The predicted molar refractivity (Wildman–Crippen MR) is 73.1 cm³/mol. The van der Waals surface area contributed by atoms with Crippen LogP contribution in [-0.4, -0.2) is 48.0 Å². The number of hydrogen-bond acceptors (Lipinski definition) is 5. The molecule has 6 nitrogen and oxygen atoms in total. The van der Waals surface area contributed by atoms with E-state index < -0.39 is 5.97 Å². The standard InChI is InChI=1S/C14H19N3O3/c1-3-12-13(18)15-7-8-17(12)9-10-5-4-6-11(16-10)14(19)20-2/h4-6,12H,3,7-9H2,1-2H3,(H,15,18)/t12-/m0/s1. The summed E-state index contributed by atoms with van der Waals surface area (Å²) in [5, 5.41) is 2.86. The monoisotopic (exact) mass is 277 g/mol. The van der Waals surface area contributed by atoms with Crippen LogP contribution in [0.5, 0.6) is 0 Å². The van der Waals surface area contributed by atoms with Crippen molar-refractivity contribution in [2.24, 2.45) is 0 Å². The summed E-state index contributed by atoms with van der Waals surface area (Å²) in [6, 6.07) is 5.12. The summed E-state index contributed by atoms with van der Waals surface area (Å²) in [7, 11) is 1.33. The van der Waals surface area contributed by atoms with E-state index in [2.05, 4.69) is 19.9 Å². The smallest absolute Gasteiger partial charge is 0.356 e. The number of pyridine rings is 1. The number of piperazine rings is 1. The summed E-state index contributed by atoms with van der Waals surface area (Å²) in [6.07, 6.45) is 0.753. The highest BCUT2D eigenvalue weighted by atomic mass is 16.5. The summed E-state index contributed by atoms with van der Waals surface area (Å²) < 4.78 is 4.66. The molecule has 1 aromatic rings. The lowest BCUT2D eigenvalue weighted by atomic mass is 10.1. The molecular formula is C14H19N3O3. The van der Waals surface area contributed by atoms with Gasteiger partial charge in [-0.15, -0.1) is 0 Å². The van der Waals surface area contributed by atoms with Crippen molar-refractivity contribution in [3.63, 3.8) is 0 Å². The number of carbonyl (C=O) groups excluding carboxylic acids is 2. The van der Waals surface area contributed by atoms with Crippen LogP contribution in [0.15, 0.2) is 18.2 Å². The van der Waals surface area contributed by atoms with Crippen molar-refractivity contribution in [2.45, 2.75) is 25.9 Å². The highest BCUT2D eigenvalue weighted by Crippen LogP contribution is 2.13. The van der Waals surface area contributed by atoms with Crippen LogP contribution >= 0.6 is 0 Å². The average molecular weight is 277 g/mol. The van der Waals surface area contributed by atoms with Gasteiger partial charge in [0.15, 0.2) is 0 Å². The van der Waals surface area contributed by atoms with Crippen LogP contribution in [0.25, 0.3) is 0 Å². The number of nitrogens with zero attached hydrogens (tertiary/aromatic N) is 2. The molecule has 1 aromatic heterocycles. The van der Waals surface area contributed by atoms with Gasteiger partial charge in [-0.25, -0.2) is 9.78 Å². The summed E-state index contributed by atoms with van der Waals surface area (Å²) in [5.74, 6) is -0.391. The van der Waals surface area contributed by atoms with Crippen LogP contribution in [0.3, 0.4) is 0 Å². The summed E-state index contributed by atoms with van der Waals surface area (Å²) in [5.41, 5.74) is 1.06. The number of hydrogen-bond donors (Lipinski definition) is 1. The highest BCUT2D eigenvalue weighted by Gasteiger charge is 2.28. The van der Waals surface area contributed by atoms with Crippen LogP contribution < -0.4 is 5.32 Å². The molecule has 1 aliphatic heterocycles. The molecule has 0 bridgehead atoms. The molecule has 1 fully saturated rings. The first-order valence-corrected chi connectivity index (χ1v) is 6.71. The molecular weight excluding hydrogens is 258 g/mol. The molecule has 0 radical (unpaired) electrons. The third kappa shape index (κ3) is 3.14. The van der Waals surface area contributed by atoms with E-state index in [-0.39, 0.29) is 11.9 Å². The van der Waals surface area contributed by atoms with E-state index in [1.54, 1.807) is 12.1 Å². The Balaban J connectivity index is 2.12. The van der Waals surface area contributed by atoms with Crippen LogP contribution in [-0.2, 0) is 16.1 Å². The first-order chi connectivity index (χ1) is 9.65. The number of aromatic nitrogens is 1. The Morgan fingerprint density at radius 2 is 2.35 bits per heavy atom. The molecule has 0 aromatic carbocycles. The van der Waals surface area contributed by atoms with Gasteiger partial charge in [-0.05, 0) is 18.6 Å². The highest BCUT2D eigenvalue weighted by molar-refractivity contribution is 5.87. The molecule has 1 amide bonds. The van der Waals surface area contributed by atoms with E-state index in [0.29, 0.717) is 18.8 Å². The molecule has 108 valence electrons. The number of amides is 1. The second kappa shape index (κ2) is 6.47. The fourth-order valence-corrected chi connectivity index (χ4v) is 2.39. The van der Waals surface area contributed by atoms with E-state index >= 15 is 0 Å². The maximum atomic E-state index is 11.8. The fraction of sp³-hybridized carbons (Fsp3) is 0.500. The van der Waals surface area contributed by atoms with Crippen LogP contribution in [0.2, 0.25) is 0 Å². The van der Waals surface area contributed by atoms with Crippen molar-refractivity contribution in [1.82, 2.24) is 15.2 Å². The Bertz CT molecular complexity index is 504. The van der Waals surface area contributed by atoms with Crippen molar-refractivity contribution < 1.29 is 14.3 Å². The first kappa shape index (κ1) is 14.5. The zero-order valence-electron chi connectivity index (χ0n) is 11.8. The maximum absolute atomic E-state index is 11.8. The molecule has 20 heavy (non-hydrogen) atoms. The zero-order valence-corrected chi connectivity index (χ0v) is 11.8. The molecule has 0 spiro atoms. The van der Waals surface area contributed by atoms with Gasteiger partial charge in [0.05, 0.1) is 18.8 Å². The van der Waals surface area contributed by atoms with Crippen molar-refractivity contribution in [2.75, 3.05) is 20.2 Å². The maximum Gasteiger partial charge on any atom is 0.356 e. The first-order valence-electron chi connectivity index (χ1n) is 6.71. The Hall–Kier alpha value is -1.95. The van der Waals surface area contributed by atoms with Crippen molar-refractivity contribution in [3.05, 3.63) is 29.6 Å². The normalized spacial score (nSPS) is 19.5. The number of rotatable bonds is 4. The van der Waals surface area contributed by atoms with Gasteiger partial charge in [0.25, 0.3) is 0 Å². The Morgan fingerprint density at radius 1 is 1.55 bits per heavy atom. The largest absolute Gasteiger partial charge is 0.464 e. The molecule has 0 unspecified atom stereocenters. The lowest BCUT2D eigenvalue weighted by molar-refractivity contribution is -0.129. The second-order valence-electron chi connectivity index (χ2n) is 4.69. The lowest BCUT2D eigenvalue weighted by Gasteiger charge is -2.34. The summed E-state index contributed by atoms with van der Waals surface area (Å²) in [4.78, 5) is 29.6. The van der Waals surface area contributed by atoms with E-state index in [1.165, 1.54) is 7.11 Å². The van der Waals surface area contributed by atoms with E-state index in [4.69, 9.17) is 0 Å². The number of nitrogens with one attached hydrogen (secondary N) is 1. The van der Waals surface area contributed by atoms with Gasteiger partial charge in [-0.3, -0.25) is 9.69 Å². The molecule has 1 atom stereocenters. The van der Waals surface area contributed by atoms with E-state index in [9.17, 15) is 9.59 Å². The average Bonchev–Trinajstić information content (AvgIpc) is 2.47. The summed E-state index contributed by atoms with van der Waals surface area (Å²) >= 11 is 0. The zero-order chi connectivity index (χ0) is 14.5. The van der Waals surface area contributed by atoms with Gasteiger partial charge in [-0.2, -0.15) is 0 Å². The lowest BCUT2D eigenvalue weighted by Crippen LogP contribution is -2.54. The van der Waals surface area contributed by atoms with Gasteiger partial charge in [0.1, 0.15) is 5.69 Å². The van der Waals surface area contributed by atoms with Gasteiger partial charge < -0.3 is 10.1 Å². The number of ether oxygens (including phenoxy) is 1. The molecule has 2 rings (SSSR count).